The Bertz CT molecular complexity index is 103. The Kier molecular flexibility index (Phi) is 5.68. The molecular formula is C8H11. The van der Waals surface area contributed by atoms with E-state index in [0.29, 0.717) is 0 Å². The van der Waals surface area contributed by atoms with Crippen LogP contribution in [0.5, 0.6) is 0 Å². The van der Waals surface area contributed by atoms with E-state index in [0.717, 1.165) is 6.42 Å². The van der Waals surface area contributed by atoms with Crippen LogP contribution in [0.2, 0.25) is 0 Å². The molecule has 0 unspecified atom stereocenters. The molecule has 0 heterocycles. The van der Waals surface area contributed by atoms with E-state index in [-0.39, 0.29) is 0 Å². The number of rotatable bonds is 3. The summed E-state index contributed by atoms with van der Waals surface area (Å²) in [5.74, 6) is 0. The van der Waals surface area contributed by atoms with Crippen LogP contribution in [0.25, 0.3) is 0 Å². The van der Waals surface area contributed by atoms with Gasteiger partial charge in [0, 0.05) is 0 Å². The van der Waals surface area contributed by atoms with Crippen molar-refractivity contribution in [1.82, 2.24) is 0 Å². The zero-order valence-corrected chi connectivity index (χ0v) is 5.28. The molecule has 0 aliphatic carbocycles. The largest absolute Gasteiger partial charge is 0.128 e. The van der Waals surface area contributed by atoms with E-state index in [2.05, 4.69) is 25.3 Å². The van der Waals surface area contributed by atoms with E-state index in [1.165, 1.54) is 6.42 Å². The van der Waals surface area contributed by atoms with Crippen LogP contribution in [0.3, 0.4) is 0 Å². The van der Waals surface area contributed by atoms with Gasteiger partial charge in [0.1, 0.15) is 0 Å². The van der Waals surface area contributed by atoms with Crippen molar-refractivity contribution in [3.63, 3.8) is 0 Å². The van der Waals surface area contributed by atoms with Gasteiger partial charge in [-0.3, -0.25) is 0 Å². The van der Waals surface area contributed by atoms with E-state index >= 15 is 0 Å². The number of allylic oxidation sites excluding steroid dienone is 3. The Morgan fingerprint density at radius 2 is 2.38 bits per heavy atom. The fourth-order valence-electron chi connectivity index (χ4n) is 0.346. The summed E-state index contributed by atoms with van der Waals surface area (Å²) in [6.45, 7) is 5.53. The van der Waals surface area contributed by atoms with E-state index in [1.54, 1.807) is 6.08 Å². The average molecular weight is 107 g/mol. The van der Waals surface area contributed by atoms with Crippen LogP contribution in [0, 0.1) is 6.08 Å². The van der Waals surface area contributed by atoms with Crippen molar-refractivity contribution in [2.75, 3.05) is 0 Å². The minimum absolute atomic E-state index is 1.10. The van der Waals surface area contributed by atoms with Gasteiger partial charge in [-0.05, 0) is 18.6 Å². The molecular weight excluding hydrogens is 96.1 g/mol. The first-order valence-corrected chi connectivity index (χ1v) is 2.83. The average Bonchev–Trinajstić information content (AvgIpc) is 1.81. The summed E-state index contributed by atoms with van der Waals surface area (Å²) in [7, 11) is 0. The summed E-state index contributed by atoms with van der Waals surface area (Å²) in [6, 6.07) is 0. The molecule has 0 N–H and O–H groups in total. The summed E-state index contributed by atoms with van der Waals surface area (Å²) < 4.78 is 0. The molecule has 0 saturated heterocycles. The second-order valence-electron chi connectivity index (χ2n) is 1.51. The van der Waals surface area contributed by atoms with Crippen LogP contribution in [-0.2, 0) is 0 Å². The first kappa shape index (κ1) is 7.26. The lowest BCUT2D eigenvalue weighted by atomic mass is 10.3. The standard InChI is InChI=1S/C8H11/c1-3-5-7-8-6-4-2/h5,8H,1,4,6H2,2H3. The topological polar surface area (TPSA) is 0 Å². The highest BCUT2D eigenvalue weighted by Crippen LogP contribution is 1.86. The van der Waals surface area contributed by atoms with E-state index in [9.17, 15) is 0 Å². The third kappa shape index (κ3) is 5.26. The fourth-order valence-corrected chi connectivity index (χ4v) is 0.346. The van der Waals surface area contributed by atoms with E-state index in [4.69, 9.17) is 0 Å². The molecule has 0 aromatic carbocycles. The highest BCUT2D eigenvalue weighted by atomic mass is 13.7. The van der Waals surface area contributed by atoms with Gasteiger partial charge in [0.25, 0.3) is 0 Å². The van der Waals surface area contributed by atoms with E-state index in [1.807, 2.05) is 6.08 Å². The minimum Gasteiger partial charge on any atom is -0.128 e. The Hall–Kier alpha value is -0.740. The van der Waals surface area contributed by atoms with Gasteiger partial charge in [-0.1, -0.05) is 26.0 Å². The summed E-state index contributed by atoms with van der Waals surface area (Å²) in [4.78, 5) is 0. The van der Waals surface area contributed by atoms with Crippen LogP contribution in [-0.4, -0.2) is 0 Å². The van der Waals surface area contributed by atoms with E-state index < -0.39 is 0 Å². The Morgan fingerprint density at radius 1 is 1.62 bits per heavy atom. The van der Waals surface area contributed by atoms with Gasteiger partial charge in [0.05, 0.1) is 0 Å². The van der Waals surface area contributed by atoms with Crippen molar-refractivity contribution < 1.29 is 0 Å². The van der Waals surface area contributed by atoms with Crippen LogP contribution in [0.4, 0.5) is 0 Å². The molecule has 0 aromatic heterocycles. The van der Waals surface area contributed by atoms with Gasteiger partial charge in [0.15, 0.2) is 0 Å². The monoisotopic (exact) mass is 107 g/mol. The van der Waals surface area contributed by atoms with Gasteiger partial charge < -0.3 is 0 Å². The second-order valence-corrected chi connectivity index (χ2v) is 1.51. The van der Waals surface area contributed by atoms with Crippen molar-refractivity contribution in [1.29, 1.82) is 0 Å². The molecule has 0 aromatic rings. The molecule has 0 aliphatic rings. The van der Waals surface area contributed by atoms with Gasteiger partial charge >= 0.3 is 0 Å². The molecule has 0 aliphatic heterocycles. The highest BCUT2D eigenvalue weighted by molar-refractivity contribution is 4.91. The minimum atomic E-state index is 1.10. The van der Waals surface area contributed by atoms with Crippen molar-refractivity contribution in [3.8, 4) is 0 Å². The lowest BCUT2D eigenvalue weighted by Gasteiger charge is -1.76. The lowest BCUT2D eigenvalue weighted by Crippen LogP contribution is -1.57. The maximum absolute atomic E-state index is 3.40. The summed E-state index contributed by atoms with van der Waals surface area (Å²) in [5.41, 5.74) is 2.61. The normalized spacial score (nSPS) is 9.12. The van der Waals surface area contributed by atoms with Crippen molar-refractivity contribution >= 4 is 0 Å². The SMILES string of the molecule is C=C=C/[C]=C/CCC. The van der Waals surface area contributed by atoms with Crippen molar-refractivity contribution in [2.24, 2.45) is 0 Å². The van der Waals surface area contributed by atoms with Crippen LogP contribution in [0.1, 0.15) is 19.8 Å². The Balaban J connectivity index is 3.20. The molecule has 0 nitrogen and oxygen atoms in total. The zero-order chi connectivity index (χ0) is 6.24. The molecule has 0 spiro atoms. The summed E-state index contributed by atoms with van der Waals surface area (Å²) in [5, 5.41) is 0. The predicted molar refractivity (Wildman–Crippen MR) is 36.4 cm³/mol. The molecule has 8 heavy (non-hydrogen) atoms. The van der Waals surface area contributed by atoms with Crippen LogP contribution in [0.15, 0.2) is 24.5 Å². The van der Waals surface area contributed by atoms with Gasteiger partial charge in [-0.25, -0.2) is 0 Å². The Morgan fingerprint density at radius 3 is 2.88 bits per heavy atom. The van der Waals surface area contributed by atoms with Gasteiger partial charge in [-0.15, -0.1) is 5.73 Å². The molecule has 43 valence electrons. The number of hydrogen-bond acceptors (Lipinski definition) is 0. The maximum atomic E-state index is 3.40. The predicted octanol–water partition coefficient (Wildman–Crippen LogP) is 2.49. The molecule has 0 atom stereocenters. The number of unbranched alkanes of at least 4 members (excludes halogenated alkanes) is 1. The molecule has 0 amide bonds. The smallest absolute Gasteiger partial charge is 0.0130 e. The van der Waals surface area contributed by atoms with Gasteiger partial charge in [-0.2, -0.15) is 0 Å². The van der Waals surface area contributed by atoms with Crippen LogP contribution < -0.4 is 0 Å². The van der Waals surface area contributed by atoms with Crippen molar-refractivity contribution in [3.05, 3.63) is 30.5 Å². The molecule has 0 bridgehead atoms. The first-order chi connectivity index (χ1) is 3.91. The van der Waals surface area contributed by atoms with Crippen molar-refractivity contribution in [2.45, 2.75) is 19.8 Å². The molecule has 0 heteroatoms. The third-order valence-corrected chi connectivity index (χ3v) is 0.736. The van der Waals surface area contributed by atoms with Gasteiger partial charge in [0.2, 0.25) is 0 Å². The van der Waals surface area contributed by atoms with Crippen LogP contribution >= 0.6 is 0 Å². The third-order valence-electron chi connectivity index (χ3n) is 0.736. The maximum Gasteiger partial charge on any atom is -0.0130 e. The molecule has 0 rings (SSSR count). The fraction of sp³-hybridized carbons (Fsp3) is 0.375. The Labute approximate surface area is 51.2 Å². The zero-order valence-electron chi connectivity index (χ0n) is 5.28. The number of hydrogen-bond donors (Lipinski definition) is 0. The first-order valence-electron chi connectivity index (χ1n) is 2.83. The summed E-state index contributed by atoms with van der Waals surface area (Å²) in [6.07, 6.45) is 8.86. The molecule has 0 saturated carbocycles. The molecule has 0 fully saturated rings. The quantitative estimate of drug-likeness (QED) is 0.384. The highest BCUT2D eigenvalue weighted by Gasteiger charge is 1.67. The summed E-state index contributed by atoms with van der Waals surface area (Å²) >= 11 is 0. The second kappa shape index (κ2) is 6.26. The molecule has 1 radical (unpaired) electrons. The lowest BCUT2D eigenvalue weighted by molar-refractivity contribution is 0.957.